The summed E-state index contributed by atoms with van der Waals surface area (Å²) < 4.78 is 0. The molecule has 0 saturated heterocycles. The zero-order valence-corrected chi connectivity index (χ0v) is 18.0. The van der Waals surface area contributed by atoms with Crippen molar-refractivity contribution in [3.63, 3.8) is 0 Å². The predicted molar refractivity (Wildman–Crippen MR) is 116 cm³/mol. The van der Waals surface area contributed by atoms with Gasteiger partial charge in [-0.1, -0.05) is 53.0 Å². The number of amides is 1. The molecule has 1 aromatic heterocycles. The minimum atomic E-state index is -0.371. The molecule has 0 bridgehead atoms. The number of carbonyl (C=O) groups excluding carboxylic acids is 1. The molecular weight excluding hydrogens is 417 g/mol. The lowest BCUT2D eigenvalue weighted by molar-refractivity contribution is 0.0909. The molecule has 1 amide bonds. The Morgan fingerprint density at radius 3 is 2.29 bits per heavy atom. The van der Waals surface area contributed by atoms with Crippen molar-refractivity contribution in [1.29, 1.82) is 0 Å². The Morgan fingerprint density at radius 2 is 1.68 bits per heavy atom. The maximum absolute atomic E-state index is 12.6. The topological polar surface area (TPSA) is 57.8 Å². The second-order valence-corrected chi connectivity index (χ2v) is 8.82. The monoisotopic (exact) mass is 435 g/mol. The molecular formula is C21H20Cl3N3O. The van der Waals surface area contributed by atoms with Gasteiger partial charge in [-0.2, -0.15) is 0 Å². The number of aromatic amines is 1. The first-order valence-electron chi connectivity index (χ1n) is 8.73. The maximum Gasteiger partial charge on any atom is 0.287 e. The standard InChI is InChI=1S/C21H20Cl3N3O/c1-21(2,3)27-20(28)19-25-17(10-13-6-9-15(23)11-16(13)24)18(26-19)12-4-7-14(22)8-5-12/h4-9,11H,10H2,1-3H3,(H,25,26)(H,27,28). The van der Waals surface area contributed by atoms with E-state index in [4.69, 9.17) is 34.8 Å². The number of benzene rings is 2. The molecule has 2 N–H and O–H groups in total. The van der Waals surface area contributed by atoms with Crippen LogP contribution in [0, 0.1) is 0 Å². The normalized spacial score (nSPS) is 11.5. The van der Waals surface area contributed by atoms with E-state index in [1.165, 1.54) is 0 Å². The summed E-state index contributed by atoms with van der Waals surface area (Å²) in [4.78, 5) is 20.3. The van der Waals surface area contributed by atoms with Gasteiger partial charge in [0.15, 0.2) is 5.82 Å². The summed E-state index contributed by atoms with van der Waals surface area (Å²) in [5.41, 5.74) is 2.83. The molecule has 1 heterocycles. The van der Waals surface area contributed by atoms with E-state index in [1.54, 1.807) is 24.3 Å². The number of aromatic nitrogens is 2. The van der Waals surface area contributed by atoms with Crippen LogP contribution in [0.5, 0.6) is 0 Å². The van der Waals surface area contributed by atoms with Crippen LogP contribution in [-0.4, -0.2) is 21.4 Å². The van der Waals surface area contributed by atoms with Crippen molar-refractivity contribution >= 4 is 40.7 Å². The SMILES string of the molecule is CC(C)(C)NC(=O)c1nc(-c2ccc(Cl)cc2)c(Cc2ccc(Cl)cc2Cl)[nH]1. The van der Waals surface area contributed by atoms with Crippen molar-refractivity contribution in [1.82, 2.24) is 15.3 Å². The van der Waals surface area contributed by atoms with Crippen LogP contribution < -0.4 is 5.32 Å². The number of halogens is 3. The van der Waals surface area contributed by atoms with Gasteiger partial charge in [-0.05, 0) is 50.6 Å². The Morgan fingerprint density at radius 1 is 1.04 bits per heavy atom. The van der Waals surface area contributed by atoms with Crippen LogP contribution >= 0.6 is 34.8 Å². The van der Waals surface area contributed by atoms with Crippen LogP contribution in [0.4, 0.5) is 0 Å². The molecule has 0 radical (unpaired) electrons. The molecule has 0 aliphatic rings. The highest BCUT2D eigenvalue weighted by molar-refractivity contribution is 6.35. The zero-order chi connectivity index (χ0) is 20.5. The van der Waals surface area contributed by atoms with E-state index in [0.29, 0.717) is 27.2 Å². The lowest BCUT2D eigenvalue weighted by Crippen LogP contribution is -2.41. The van der Waals surface area contributed by atoms with Crippen molar-refractivity contribution in [2.45, 2.75) is 32.7 Å². The number of rotatable bonds is 4. The van der Waals surface area contributed by atoms with Gasteiger partial charge in [-0.25, -0.2) is 4.98 Å². The average molecular weight is 437 g/mol. The van der Waals surface area contributed by atoms with Crippen LogP contribution in [0.3, 0.4) is 0 Å². The number of carbonyl (C=O) groups is 1. The molecule has 146 valence electrons. The number of H-pyrrole nitrogens is 1. The molecule has 0 saturated carbocycles. The minimum Gasteiger partial charge on any atom is -0.345 e. The number of nitrogens with zero attached hydrogens (tertiary/aromatic N) is 1. The third kappa shape index (κ3) is 5.07. The van der Waals surface area contributed by atoms with E-state index in [1.807, 2.05) is 39.0 Å². The van der Waals surface area contributed by atoms with Gasteiger partial charge in [0, 0.05) is 38.3 Å². The highest BCUT2D eigenvalue weighted by atomic mass is 35.5. The molecule has 7 heteroatoms. The van der Waals surface area contributed by atoms with Crippen LogP contribution in [0.15, 0.2) is 42.5 Å². The van der Waals surface area contributed by atoms with Gasteiger partial charge < -0.3 is 10.3 Å². The van der Waals surface area contributed by atoms with Gasteiger partial charge in [0.05, 0.1) is 5.69 Å². The van der Waals surface area contributed by atoms with Gasteiger partial charge in [0.2, 0.25) is 0 Å². The molecule has 0 unspecified atom stereocenters. The molecule has 4 nitrogen and oxygen atoms in total. The molecule has 0 aliphatic heterocycles. The van der Waals surface area contributed by atoms with E-state index in [9.17, 15) is 4.79 Å². The fourth-order valence-electron chi connectivity index (χ4n) is 2.75. The van der Waals surface area contributed by atoms with Crippen molar-refractivity contribution in [2.24, 2.45) is 0 Å². The van der Waals surface area contributed by atoms with Crippen molar-refractivity contribution < 1.29 is 4.79 Å². The van der Waals surface area contributed by atoms with Gasteiger partial charge >= 0.3 is 0 Å². The Kier molecular flexibility index (Phi) is 6.04. The molecule has 3 rings (SSSR count). The Hall–Kier alpha value is -2.01. The van der Waals surface area contributed by atoms with E-state index in [2.05, 4.69) is 15.3 Å². The van der Waals surface area contributed by atoms with E-state index in [-0.39, 0.29) is 17.3 Å². The van der Waals surface area contributed by atoms with E-state index >= 15 is 0 Å². The quantitative estimate of drug-likeness (QED) is 0.515. The smallest absolute Gasteiger partial charge is 0.287 e. The van der Waals surface area contributed by atoms with E-state index < -0.39 is 0 Å². The predicted octanol–water partition coefficient (Wildman–Crippen LogP) is 6.16. The zero-order valence-electron chi connectivity index (χ0n) is 15.7. The molecule has 28 heavy (non-hydrogen) atoms. The first kappa shape index (κ1) is 20.7. The maximum atomic E-state index is 12.6. The second kappa shape index (κ2) is 8.16. The fraction of sp³-hybridized carbons (Fsp3) is 0.238. The summed E-state index contributed by atoms with van der Waals surface area (Å²) in [7, 11) is 0. The number of hydrogen-bond donors (Lipinski definition) is 2. The summed E-state index contributed by atoms with van der Waals surface area (Å²) in [5.74, 6) is -0.0175. The Labute approximate surface area is 179 Å². The number of hydrogen-bond acceptors (Lipinski definition) is 2. The van der Waals surface area contributed by atoms with Crippen molar-refractivity contribution in [2.75, 3.05) is 0 Å². The Balaban J connectivity index is 2.03. The average Bonchev–Trinajstić information content (AvgIpc) is 3.01. The highest BCUT2D eigenvalue weighted by Gasteiger charge is 2.21. The summed E-state index contributed by atoms with van der Waals surface area (Å²) in [5, 5.41) is 4.68. The van der Waals surface area contributed by atoms with Crippen LogP contribution in [0.25, 0.3) is 11.3 Å². The van der Waals surface area contributed by atoms with Crippen molar-refractivity contribution in [3.05, 3.63) is 74.6 Å². The highest BCUT2D eigenvalue weighted by Crippen LogP contribution is 2.28. The lowest BCUT2D eigenvalue weighted by Gasteiger charge is -2.19. The first-order chi connectivity index (χ1) is 13.1. The summed E-state index contributed by atoms with van der Waals surface area (Å²) in [6.45, 7) is 5.76. The minimum absolute atomic E-state index is 0.250. The Bertz CT molecular complexity index is 1000. The van der Waals surface area contributed by atoms with Gasteiger partial charge in [-0.3, -0.25) is 4.79 Å². The third-order valence-electron chi connectivity index (χ3n) is 3.98. The number of imidazole rings is 1. The number of nitrogens with one attached hydrogen (secondary N) is 2. The fourth-order valence-corrected chi connectivity index (χ4v) is 3.35. The first-order valence-corrected chi connectivity index (χ1v) is 9.87. The molecule has 0 atom stereocenters. The summed E-state index contributed by atoms with van der Waals surface area (Å²) >= 11 is 18.3. The largest absolute Gasteiger partial charge is 0.345 e. The third-order valence-corrected chi connectivity index (χ3v) is 4.82. The summed E-state index contributed by atoms with van der Waals surface area (Å²) in [6, 6.07) is 12.7. The second-order valence-electron chi connectivity index (χ2n) is 7.54. The van der Waals surface area contributed by atoms with Gasteiger partial charge in [-0.15, -0.1) is 0 Å². The van der Waals surface area contributed by atoms with Gasteiger partial charge in [0.1, 0.15) is 0 Å². The molecule has 3 aromatic rings. The molecule has 0 fully saturated rings. The lowest BCUT2D eigenvalue weighted by atomic mass is 10.0. The van der Waals surface area contributed by atoms with Crippen LogP contribution in [0.1, 0.15) is 42.6 Å². The molecule has 2 aromatic carbocycles. The molecule has 0 spiro atoms. The van der Waals surface area contributed by atoms with Gasteiger partial charge in [0.25, 0.3) is 5.91 Å². The molecule has 0 aliphatic carbocycles. The summed E-state index contributed by atoms with van der Waals surface area (Å²) in [6.07, 6.45) is 0.476. The van der Waals surface area contributed by atoms with Crippen LogP contribution in [0.2, 0.25) is 15.1 Å². The van der Waals surface area contributed by atoms with E-state index in [0.717, 1.165) is 16.8 Å². The van der Waals surface area contributed by atoms with Crippen molar-refractivity contribution in [3.8, 4) is 11.3 Å². The van der Waals surface area contributed by atoms with Crippen LogP contribution in [-0.2, 0) is 6.42 Å².